The number of amides is 3. The van der Waals surface area contributed by atoms with Gasteiger partial charge in [-0.2, -0.15) is 15.0 Å². The summed E-state index contributed by atoms with van der Waals surface area (Å²) in [5.74, 6) is -19.9. The molecule has 15 rings (SSSR count). The Kier molecular flexibility index (Phi) is 26.7. The molecule has 12 aromatic rings. The van der Waals surface area contributed by atoms with E-state index in [4.69, 9.17) is 52.0 Å². The topological polar surface area (TPSA) is 331 Å². The average Bonchev–Trinajstić information content (AvgIpc) is 0.738. The number of anilines is 6. The second-order valence-electron chi connectivity index (χ2n) is 31.0. The number of carbonyl (C=O) groups is 3. The Bertz CT molecular complexity index is 6170. The third-order valence-corrected chi connectivity index (χ3v) is 23.0. The Morgan fingerprint density at radius 2 is 0.651 bits per heavy atom. The number of benzene rings is 3. The number of aromatic nitrogens is 12. The predicted octanol–water partition coefficient (Wildman–Crippen LogP) is 14.7. The van der Waals surface area contributed by atoms with Crippen LogP contribution < -0.4 is 49.0 Å². The van der Waals surface area contributed by atoms with E-state index in [0.717, 1.165) is 31.9 Å². The van der Waals surface area contributed by atoms with E-state index in [1.54, 1.807) is 87.0 Å². The van der Waals surface area contributed by atoms with Crippen LogP contribution in [0, 0.1) is 90.6 Å². The number of carbonyl (C=O) groups excluding carboxylic acids is 3. The van der Waals surface area contributed by atoms with Crippen molar-refractivity contribution >= 4 is 120 Å². The second kappa shape index (κ2) is 37.0. The molecule has 6 N–H and O–H groups in total. The first-order chi connectivity index (χ1) is 61.1. The SMILES string of the molecule is C=CC(=O)N1CCN(c2nc(=O)n(-c3c(C)ccnc3C(C)C)c3nc(-c4c(F)c(N)c(F)c(F)c4Cl)c(F)cc23)CC1.C=CC(=O)N1CCN(c2nc(=O)n(-c3c(C)ccnc3C(C)C)c3nc(-c4c(N)c(Cl)c(F)c(F)c4F)c(F)cc23)CC1.C=CC(=O)N1CCN(c2nc(=O)n(-c3c(C)ccnc3C(C)C)c3nc(-c4c(N)c(F)c(F)c(Cl)c4F)c(F)cc23)CC1. The van der Waals surface area contributed by atoms with Crippen LogP contribution in [-0.2, 0) is 14.4 Å². The van der Waals surface area contributed by atoms with Crippen molar-refractivity contribution in [3.8, 4) is 50.8 Å². The van der Waals surface area contributed by atoms with Gasteiger partial charge in [-0.3, -0.25) is 29.3 Å². The van der Waals surface area contributed by atoms with Gasteiger partial charge in [0.2, 0.25) is 17.7 Å². The Morgan fingerprint density at radius 3 is 0.961 bits per heavy atom. The first kappa shape index (κ1) is 93.1. The fraction of sp³-hybridized carbons (Fsp3) is 0.276. The van der Waals surface area contributed by atoms with Crippen LogP contribution in [0.2, 0.25) is 15.1 Å². The molecule has 3 saturated heterocycles. The molecule has 3 aliphatic rings. The lowest BCUT2D eigenvalue weighted by molar-refractivity contribution is -0.127. The summed E-state index contributed by atoms with van der Waals surface area (Å²) in [5, 5.41) is -3.05. The fourth-order valence-electron chi connectivity index (χ4n) is 15.4. The van der Waals surface area contributed by atoms with Crippen molar-refractivity contribution in [3.05, 3.63) is 243 Å². The molecular weight excluding hydrogens is 1770 g/mol. The monoisotopic (exact) mass is 1850 g/mol. The van der Waals surface area contributed by atoms with E-state index < -0.39 is 153 Å². The summed E-state index contributed by atoms with van der Waals surface area (Å²) in [4.78, 5) is 127. The zero-order chi connectivity index (χ0) is 94.0. The molecule has 3 fully saturated rings. The lowest BCUT2D eigenvalue weighted by Gasteiger charge is -2.35. The molecule has 12 heterocycles. The van der Waals surface area contributed by atoms with Crippen molar-refractivity contribution < 1.29 is 67.1 Å². The summed E-state index contributed by atoms with van der Waals surface area (Å²) in [6.07, 6.45) is 8.32. The van der Waals surface area contributed by atoms with Gasteiger partial charge in [0.1, 0.15) is 50.3 Å². The van der Waals surface area contributed by atoms with Crippen molar-refractivity contribution in [3.63, 3.8) is 0 Å². The molecule has 42 heteroatoms. The molecule has 672 valence electrons. The van der Waals surface area contributed by atoms with E-state index in [9.17, 15) is 55.1 Å². The number of nitrogens with two attached hydrogens (primary N) is 3. The maximum absolute atomic E-state index is 15.9. The van der Waals surface area contributed by atoms with Gasteiger partial charge in [-0.05, 0) is 110 Å². The van der Waals surface area contributed by atoms with Crippen molar-refractivity contribution in [2.75, 3.05) is 110 Å². The second-order valence-corrected chi connectivity index (χ2v) is 32.1. The van der Waals surface area contributed by atoms with Gasteiger partial charge in [-0.1, -0.05) is 96.1 Å². The molecule has 0 atom stereocenters. The van der Waals surface area contributed by atoms with E-state index >= 15 is 26.3 Å². The number of nitrogens with zero attached hydrogens (tertiary/aromatic N) is 18. The van der Waals surface area contributed by atoms with Gasteiger partial charge in [-0.15, -0.1) is 0 Å². The third kappa shape index (κ3) is 16.9. The van der Waals surface area contributed by atoms with Crippen LogP contribution in [0.4, 0.5) is 87.2 Å². The molecule has 0 spiro atoms. The molecule has 3 aromatic carbocycles. The number of piperazine rings is 3. The minimum atomic E-state index is -1.96. The van der Waals surface area contributed by atoms with Gasteiger partial charge in [0, 0.05) is 97.1 Å². The maximum atomic E-state index is 15.9. The molecule has 0 bridgehead atoms. The zero-order valence-corrected chi connectivity index (χ0v) is 72.4. The number of pyridine rings is 6. The van der Waals surface area contributed by atoms with Crippen LogP contribution in [-0.4, -0.2) is 170 Å². The highest BCUT2D eigenvalue weighted by Gasteiger charge is 2.37. The van der Waals surface area contributed by atoms with E-state index in [1.165, 1.54) is 18.2 Å². The van der Waals surface area contributed by atoms with E-state index in [2.05, 4.69) is 64.6 Å². The highest BCUT2D eigenvalue weighted by atomic mass is 35.5. The molecular formula is C87H78Cl3F12N21O6. The quantitative estimate of drug-likeness (QED) is 0.0282. The molecule has 0 unspecified atom stereocenters. The Balaban J connectivity index is 0.000000165. The number of fused-ring (bicyclic) bond motifs is 3. The number of halogens is 15. The number of hydrogen-bond acceptors (Lipinski definition) is 21. The smallest absolute Gasteiger partial charge is 0.355 e. The van der Waals surface area contributed by atoms with Crippen molar-refractivity contribution in [1.82, 2.24) is 73.3 Å². The number of rotatable bonds is 15. The molecule has 27 nitrogen and oxygen atoms in total. The normalized spacial score (nSPS) is 13.7. The Morgan fingerprint density at radius 1 is 0.364 bits per heavy atom. The minimum absolute atomic E-state index is 0.0643. The molecule has 9 aromatic heterocycles. The van der Waals surface area contributed by atoms with Crippen LogP contribution in [0.5, 0.6) is 0 Å². The Hall–Kier alpha value is -13.6. The summed E-state index contributed by atoms with van der Waals surface area (Å²) in [5.41, 5.74) is 10.3. The zero-order valence-electron chi connectivity index (χ0n) is 70.2. The van der Waals surface area contributed by atoms with Gasteiger partial charge in [0.05, 0.1) is 83.4 Å². The molecule has 0 aliphatic carbocycles. The van der Waals surface area contributed by atoms with E-state index in [0.29, 0.717) is 50.8 Å². The fourth-order valence-corrected chi connectivity index (χ4v) is 16.1. The van der Waals surface area contributed by atoms with Crippen LogP contribution in [0.3, 0.4) is 0 Å². The number of nitrogen functional groups attached to an aromatic ring is 3. The van der Waals surface area contributed by atoms with Gasteiger partial charge < -0.3 is 46.6 Å². The van der Waals surface area contributed by atoms with Crippen LogP contribution in [0.15, 0.2) is 107 Å². The molecule has 129 heavy (non-hydrogen) atoms. The first-order valence-corrected chi connectivity index (χ1v) is 40.9. The van der Waals surface area contributed by atoms with Crippen LogP contribution in [0.1, 0.15) is 93.1 Å². The lowest BCUT2D eigenvalue weighted by atomic mass is 10.0. The maximum Gasteiger partial charge on any atom is 0.355 e. The predicted molar refractivity (Wildman–Crippen MR) is 466 cm³/mol. The lowest BCUT2D eigenvalue weighted by Crippen LogP contribution is -2.49. The van der Waals surface area contributed by atoms with Gasteiger partial charge in [0.15, 0.2) is 86.7 Å². The molecule has 0 radical (unpaired) electrons. The third-order valence-electron chi connectivity index (χ3n) is 22.0. The highest BCUT2D eigenvalue weighted by molar-refractivity contribution is 6.34. The first-order valence-electron chi connectivity index (χ1n) is 39.7. The summed E-state index contributed by atoms with van der Waals surface area (Å²) >= 11 is 17.4. The van der Waals surface area contributed by atoms with Crippen LogP contribution >= 0.6 is 34.8 Å². The average molecular weight is 1850 g/mol. The van der Waals surface area contributed by atoms with Crippen LogP contribution in [0.25, 0.3) is 83.9 Å². The van der Waals surface area contributed by atoms with E-state index in [-0.39, 0.29) is 165 Å². The summed E-state index contributed by atoms with van der Waals surface area (Å²) < 4.78 is 183. The molecule has 0 saturated carbocycles. The number of hydrogen-bond donors (Lipinski definition) is 3. The molecule has 3 amide bonds. The summed E-state index contributed by atoms with van der Waals surface area (Å²) in [6.45, 7) is 30.0. The molecule has 3 aliphatic heterocycles. The largest absolute Gasteiger partial charge is 0.397 e. The van der Waals surface area contributed by atoms with E-state index in [1.807, 2.05) is 41.5 Å². The van der Waals surface area contributed by atoms with Gasteiger partial charge in [0.25, 0.3) is 0 Å². The Labute approximate surface area is 741 Å². The van der Waals surface area contributed by atoms with Gasteiger partial charge >= 0.3 is 17.1 Å². The summed E-state index contributed by atoms with van der Waals surface area (Å²) in [7, 11) is 0. The van der Waals surface area contributed by atoms with Crippen molar-refractivity contribution in [2.24, 2.45) is 0 Å². The van der Waals surface area contributed by atoms with Gasteiger partial charge in [-0.25, -0.2) is 95.7 Å². The number of aryl methyl sites for hydroxylation is 3. The van der Waals surface area contributed by atoms with Crippen molar-refractivity contribution in [1.29, 1.82) is 0 Å². The van der Waals surface area contributed by atoms with Crippen molar-refractivity contribution in [2.45, 2.75) is 80.1 Å². The minimum Gasteiger partial charge on any atom is -0.397 e. The highest BCUT2D eigenvalue weighted by Crippen LogP contribution is 2.45. The summed E-state index contributed by atoms with van der Waals surface area (Å²) in [6, 6.07) is 7.93. The standard InChI is InChI=1S/3C29H26ClF4N7O2/c1-5-17(42)39-8-10-40(11-9-39)27-15-12-16(31)25(18-20(32)22(34)21(33)19(30)23(18)35)37-28(15)41(29(43)38-27)26-14(4)6-7-36-24(26)13(2)3;1-5-17(42)39-8-10-40(11-9-39)27-15-12-16(31)25(18-20(32)19(30)21(33)22(34)23(18)35)37-28(15)41(29(43)38-27)26-14(4)6-7-36-24(26)13(2)3;1-5-17(42)39-8-10-40(11-9-39)27-15-12-16(31)25(18-19(30)21(33)22(34)23(35)20(18)32)37-28(15)41(29(43)38-27)26-14(4)6-7-36-24(26)13(2)3/h3*5-7,12-13H,1,8-11,35H2,2-4H3.